The van der Waals surface area contributed by atoms with E-state index in [-0.39, 0.29) is 12.6 Å². The van der Waals surface area contributed by atoms with Crippen LogP contribution in [0.15, 0.2) is 48.5 Å². The van der Waals surface area contributed by atoms with Gasteiger partial charge in [0.15, 0.2) is 0 Å². The molecule has 2 aromatic rings. The van der Waals surface area contributed by atoms with Gasteiger partial charge in [-0.25, -0.2) is 0 Å². The van der Waals surface area contributed by atoms with Crippen LogP contribution in [0.3, 0.4) is 0 Å². The van der Waals surface area contributed by atoms with Crippen LogP contribution in [0.25, 0.3) is 11.1 Å². The standard InChI is InChI=1S/C18H21NO2/c1-19(10-12-21-13-11-20)18-16-8-4-2-6-14(16)15-7-3-5-9-17(15)18/h2-9,18,20H,10-13H2,1H3. The van der Waals surface area contributed by atoms with Gasteiger partial charge in [0.1, 0.15) is 0 Å². The third-order valence-corrected chi connectivity index (χ3v) is 4.07. The Balaban J connectivity index is 1.84. The molecule has 0 bridgehead atoms. The zero-order valence-electron chi connectivity index (χ0n) is 12.3. The average Bonchev–Trinajstić information content (AvgIpc) is 2.86. The van der Waals surface area contributed by atoms with Crippen LogP contribution in [0.5, 0.6) is 0 Å². The molecule has 3 heteroatoms. The Kier molecular flexibility index (Phi) is 4.34. The summed E-state index contributed by atoms with van der Waals surface area (Å²) in [7, 11) is 2.13. The van der Waals surface area contributed by atoms with E-state index in [0.717, 1.165) is 6.54 Å². The number of hydrogen-bond donors (Lipinski definition) is 1. The second-order valence-electron chi connectivity index (χ2n) is 5.39. The average molecular weight is 283 g/mol. The summed E-state index contributed by atoms with van der Waals surface area (Å²) < 4.78 is 5.40. The Morgan fingerprint density at radius 2 is 1.52 bits per heavy atom. The molecular weight excluding hydrogens is 262 g/mol. The van der Waals surface area contributed by atoms with E-state index in [1.807, 2.05) is 0 Å². The number of nitrogens with zero attached hydrogens (tertiary/aromatic N) is 1. The van der Waals surface area contributed by atoms with Gasteiger partial charge in [0.25, 0.3) is 0 Å². The van der Waals surface area contributed by atoms with Crippen molar-refractivity contribution in [1.29, 1.82) is 0 Å². The first-order valence-electron chi connectivity index (χ1n) is 7.40. The molecule has 21 heavy (non-hydrogen) atoms. The molecule has 3 rings (SSSR count). The molecule has 0 fully saturated rings. The van der Waals surface area contributed by atoms with E-state index in [2.05, 4.69) is 60.5 Å². The first-order valence-corrected chi connectivity index (χ1v) is 7.40. The minimum absolute atomic E-state index is 0.0822. The number of aliphatic hydroxyl groups is 1. The van der Waals surface area contributed by atoms with Crippen molar-refractivity contribution in [3.05, 3.63) is 59.7 Å². The normalized spacial score (nSPS) is 13.5. The van der Waals surface area contributed by atoms with Gasteiger partial charge in [-0.15, -0.1) is 0 Å². The Hall–Kier alpha value is -1.68. The first-order chi connectivity index (χ1) is 10.3. The molecule has 110 valence electrons. The van der Waals surface area contributed by atoms with Gasteiger partial charge in [-0.2, -0.15) is 0 Å². The third-order valence-electron chi connectivity index (χ3n) is 4.07. The summed E-state index contributed by atoms with van der Waals surface area (Å²) in [5, 5.41) is 8.76. The van der Waals surface area contributed by atoms with Crippen molar-refractivity contribution in [1.82, 2.24) is 4.90 Å². The van der Waals surface area contributed by atoms with Crippen LogP contribution >= 0.6 is 0 Å². The molecule has 1 N–H and O–H groups in total. The summed E-state index contributed by atoms with van der Waals surface area (Å²) >= 11 is 0. The molecule has 0 saturated carbocycles. The van der Waals surface area contributed by atoms with Gasteiger partial charge in [-0.3, -0.25) is 4.90 Å². The monoisotopic (exact) mass is 283 g/mol. The number of fused-ring (bicyclic) bond motifs is 3. The van der Waals surface area contributed by atoms with Gasteiger partial charge >= 0.3 is 0 Å². The van der Waals surface area contributed by atoms with Crippen LogP contribution in [-0.2, 0) is 4.74 Å². The fourth-order valence-corrected chi connectivity index (χ4v) is 3.11. The van der Waals surface area contributed by atoms with Crippen molar-refractivity contribution in [2.45, 2.75) is 6.04 Å². The Bertz CT molecular complexity index is 566. The second-order valence-corrected chi connectivity index (χ2v) is 5.39. The van der Waals surface area contributed by atoms with E-state index >= 15 is 0 Å². The van der Waals surface area contributed by atoms with Crippen LogP contribution in [0.2, 0.25) is 0 Å². The molecule has 1 aliphatic carbocycles. The summed E-state index contributed by atoms with van der Waals surface area (Å²) in [6, 6.07) is 17.5. The highest BCUT2D eigenvalue weighted by Crippen LogP contribution is 2.45. The van der Waals surface area contributed by atoms with Crippen molar-refractivity contribution >= 4 is 0 Å². The fourth-order valence-electron chi connectivity index (χ4n) is 3.11. The lowest BCUT2D eigenvalue weighted by Gasteiger charge is -2.26. The molecule has 2 aromatic carbocycles. The number of ether oxygens (including phenoxy) is 1. The second kappa shape index (κ2) is 6.39. The van der Waals surface area contributed by atoms with Crippen LogP contribution in [0, 0.1) is 0 Å². The topological polar surface area (TPSA) is 32.7 Å². The van der Waals surface area contributed by atoms with Gasteiger partial charge in [-0.05, 0) is 29.3 Å². The van der Waals surface area contributed by atoms with E-state index in [9.17, 15) is 0 Å². The molecule has 0 aromatic heterocycles. The maximum absolute atomic E-state index is 8.76. The van der Waals surface area contributed by atoms with E-state index in [1.165, 1.54) is 22.3 Å². The van der Waals surface area contributed by atoms with Crippen molar-refractivity contribution < 1.29 is 9.84 Å². The zero-order valence-corrected chi connectivity index (χ0v) is 12.3. The zero-order chi connectivity index (χ0) is 14.7. The number of benzene rings is 2. The van der Waals surface area contributed by atoms with Gasteiger partial charge in [0.05, 0.1) is 25.9 Å². The first kappa shape index (κ1) is 14.3. The molecule has 0 heterocycles. The highest BCUT2D eigenvalue weighted by atomic mass is 16.5. The number of likely N-dealkylation sites (N-methyl/N-ethyl adjacent to an activating group) is 1. The largest absolute Gasteiger partial charge is 0.394 e. The minimum Gasteiger partial charge on any atom is -0.394 e. The minimum atomic E-state index is 0.0822. The molecule has 0 unspecified atom stereocenters. The van der Waals surface area contributed by atoms with Crippen molar-refractivity contribution in [2.24, 2.45) is 0 Å². The molecule has 0 atom stereocenters. The highest BCUT2D eigenvalue weighted by Gasteiger charge is 2.30. The molecular formula is C18H21NO2. The van der Waals surface area contributed by atoms with Crippen molar-refractivity contribution in [3.8, 4) is 11.1 Å². The van der Waals surface area contributed by atoms with E-state index in [0.29, 0.717) is 13.2 Å². The molecule has 1 aliphatic rings. The van der Waals surface area contributed by atoms with Gasteiger partial charge < -0.3 is 9.84 Å². The molecule has 0 spiro atoms. The Morgan fingerprint density at radius 3 is 2.10 bits per heavy atom. The smallest absolute Gasteiger partial charge is 0.0698 e. The summed E-state index contributed by atoms with van der Waals surface area (Å²) in [4.78, 5) is 2.32. The molecule has 0 saturated heterocycles. The SMILES string of the molecule is CN(CCOCCO)C1c2ccccc2-c2ccccc21. The molecule has 3 nitrogen and oxygen atoms in total. The van der Waals surface area contributed by atoms with Crippen LogP contribution in [-0.4, -0.2) is 43.4 Å². The van der Waals surface area contributed by atoms with Crippen LogP contribution in [0.4, 0.5) is 0 Å². The van der Waals surface area contributed by atoms with Crippen LogP contribution in [0.1, 0.15) is 17.2 Å². The quantitative estimate of drug-likeness (QED) is 0.827. The number of aliphatic hydroxyl groups excluding tert-OH is 1. The lowest BCUT2D eigenvalue weighted by atomic mass is 10.0. The van der Waals surface area contributed by atoms with E-state index < -0.39 is 0 Å². The fraction of sp³-hybridized carbons (Fsp3) is 0.333. The highest BCUT2D eigenvalue weighted by molar-refractivity contribution is 5.78. The molecule has 0 radical (unpaired) electrons. The number of hydrogen-bond acceptors (Lipinski definition) is 3. The Labute approximate surface area is 125 Å². The predicted molar refractivity (Wildman–Crippen MR) is 84.3 cm³/mol. The lowest BCUT2D eigenvalue weighted by Crippen LogP contribution is -2.28. The number of rotatable bonds is 6. The van der Waals surface area contributed by atoms with E-state index in [4.69, 9.17) is 9.84 Å². The lowest BCUT2D eigenvalue weighted by molar-refractivity contribution is 0.0739. The Morgan fingerprint density at radius 1 is 0.952 bits per heavy atom. The molecule has 0 aliphatic heterocycles. The van der Waals surface area contributed by atoms with Gasteiger partial charge in [0.2, 0.25) is 0 Å². The summed E-state index contributed by atoms with van der Waals surface area (Å²) in [5.41, 5.74) is 5.40. The molecule has 0 amide bonds. The summed E-state index contributed by atoms with van der Waals surface area (Å²) in [5.74, 6) is 0. The predicted octanol–water partition coefficient (Wildman–Crippen LogP) is 2.70. The van der Waals surface area contributed by atoms with Crippen molar-refractivity contribution in [3.63, 3.8) is 0 Å². The van der Waals surface area contributed by atoms with Crippen molar-refractivity contribution in [2.75, 3.05) is 33.4 Å². The maximum atomic E-state index is 8.76. The van der Waals surface area contributed by atoms with Gasteiger partial charge in [0, 0.05) is 6.54 Å². The summed E-state index contributed by atoms with van der Waals surface area (Å²) in [6.07, 6.45) is 0. The van der Waals surface area contributed by atoms with E-state index in [1.54, 1.807) is 0 Å². The van der Waals surface area contributed by atoms with Crippen LogP contribution < -0.4 is 0 Å². The third kappa shape index (κ3) is 2.72. The van der Waals surface area contributed by atoms with Gasteiger partial charge in [-0.1, -0.05) is 48.5 Å². The summed E-state index contributed by atoms with van der Waals surface area (Å²) in [6.45, 7) is 1.97. The maximum Gasteiger partial charge on any atom is 0.0698 e.